The lowest BCUT2D eigenvalue weighted by molar-refractivity contribution is 0.311. The number of methoxy groups -OCH3 is 1. The quantitative estimate of drug-likeness (QED) is 0.380. The van der Waals surface area contributed by atoms with Gasteiger partial charge < -0.3 is 4.74 Å². The summed E-state index contributed by atoms with van der Waals surface area (Å²) in [4.78, 5) is 0. The van der Waals surface area contributed by atoms with E-state index in [-0.39, 0.29) is 29.1 Å². The zero-order chi connectivity index (χ0) is 24.2. The van der Waals surface area contributed by atoms with Crippen LogP contribution in [0, 0.1) is 35.1 Å². The van der Waals surface area contributed by atoms with E-state index < -0.39 is 23.3 Å². The van der Waals surface area contributed by atoms with Gasteiger partial charge in [0.1, 0.15) is 0 Å². The van der Waals surface area contributed by atoms with Crippen LogP contribution >= 0.6 is 0 Å². The third kappa shape index (κ3) is 5.18. The van der Waals surface area contributed by atoms with Crippen molar-refractivity contribution in [2.45, 2.75) is 76.5 Å². The van der Waals surface area contributed by atoms with Crippen LogP contribution in [0.15, 0.2) is 30.3 Å². The Hall–Kier alpha value is -2.30. The Labute approximate surface area is 200 Å². The highest BCUT2D eigenvalue weighted by Gasteiger charge is 2.29. The predicted molar refractivity (Wildman–Crippen MR) is 128 cm³/mol. The van der Waals surface area contributed by atoms with Crippen LogP contribution in [0.3, 0.4) is 0 Å². The maximum atomic E-state index is 15.1. The highest BCUT2D eigenvalue weighted by atomic mass is 19.2. The van der Waals surface area contributed by atoms with Gasteiger partial charge in [0.15, 0.2) is 23.2 Å². The standard InChI is InChI=1S/C29H34F4O/c1-3-18-4-9-20(10-5-18)23-15-16-24(28(32)27(23)31)21-11-6-19(7-12-21)8-13-22-14-17-25(34-2)29(33)26(22)30/h8,13-21H,3-7,9-12H2,1-2H3/b13-8+. The molecule has 2 aromatic carbocycles. The van der Waals surface area contributed by atoms with E-state index in [4.69, 9.17) is 4.74 Å². The summed E-state index contributed by atoms with van der Waals surface area (Å²) in [6.07, 6.45) is 11.8. The molecule has 2 saturated carbocycles. The molecule has 1 nitrogen and oxygen atoms in total. The minimum Gasteiger partial charge on any atom is -0.494 e. The van der Waals surface area contributed by atoms with Gasteiger partial charge in [-0.1, -0.05) is 37.6 Å². The molecular weight excluding hydrogens is 440 g/mol. The molecule has 4 rings (SSSR count). The van der Waals surface area contributed by atoms with Crippen molar-refractivity contribution >= 4 is 6.08 Å². The fourth-order valence-electron chi connectivity index (χ4n) is 5.79. The van der Waals surface area contributed by atoms with E-state index in [9.17, 15) is 8.78 Å². The van der Waals surface area contributed by atoms with Crippen molar-refractivity contribution in [2.24, 2.45) is 11.8 Å². The first kappa shape index (κ1) is 24.8. The van der Waals surface area contributed by atoms with Gasteiger partial charge in [-0.3, -0.25) is 0 Å². The lowest BCUT2D eigenvalue weighted by atomic mass is 9.75. The Morgan fingerprint density at radius 2 is 1.29 bits per heavy atom. The fraction of sp³-hybridized carbons (Fsp3) is 0.517. The Morgan fingerprint density at radius 3 is 1.82 bits per heavy atom. The van der Waals surface area contributed by atoms with Crippen molar-refractivity contribution < 1.29 is 22.3 Å². The number of benzene rings is 2. The molecule has 0 atom stereocenters. The van der Waals surface area contributed by atoms with Crippen LogP contribution in [-0.2, 0) is 0 Å². The summed E-state index contributed by atoms with van der Waals surface area (Å²) in [6, 6.07) is 6.52. The molecule has 0 N–H and O–H groups in total. The van der Waals surface area contributed by atoms with Gasteiger partial charge in [0.25, 0.3) is 0 Å². The molecule has 184 valence electrons. The van der Waals surface area contributed by atoms with Gasteiger partial charge in [0.05, 0.1) is 7.11 Å². The maximum absolute atomic E-state index is 15.1. The molecule has 0 bridgehead atoms. The van der Waals surface area contributed by atoms with Crippen molar-refractivity contribution in [2.75, 3.05) is 7.11 Å². The van der Waals surface area contributed by atoms with Crippen molar-refractivity contribution in [1.29, 1.82) is 0 Å². The molecule has 0 saturated heterocycles. The third-order valence-corrected chi connectivity index (χ3v) is 8.06. The van der Waals surface area contributed by atoms with Crippen LogP contribution in [-0.4, -0.2) is 7.11 Å². The highest BCUT2D eigenvalue weighted by molar-refractivity contribution is 5.52. The number of hydrogen-bond acceptors (Lipinski definition) is 1. The lowest BCUT2D eigenvalue weighted by Crippen LogP contribution is -2.16. The van der Waals surface area contributed by atoms with Crippen LogP contribution in [0.2, 0.25) is 0 Å². The maximum Gasteiger partial charge on any atom is 0.201 e. The van der Waals surface area contributed by atoms with E-state index in [1.165, 1.54) is 19.2 Å². The van der Waals surface area contributed by atoms with Crippen LogP contribution in [0.5, 0.6) is 5.75 Å². The van der Waals surface area contributed by atoms with Crippen molar-refractivity contribution in [3.05, 3.63) is 70.3 Å². The molecule has 2 aliphatic carbocycles. The van der Waals surface area contributed by atoms with Crippen LogP contribution in [0.1, 0.15) is 93.2 Å². The van der Waals surface area contributed by atoms with E-state index in [2.05, 4.69) is 6.92 Å². The van der Waals surface area contributed by atoms with Gasteiger partial charge in [-0.2, -0.15) is 4.39 Å². The fourth-order valence-corrected chi connectivity index (χ4v) is 5.79. The second-order valence-corrected chi connectivity index (χ2v) is 9.95. The molecular formula is C29H34F4O. The Bertz CT molecular complexity index is 1020. The van der Waals surface area contributed by atoms with E-state index >= 15 is 8.78 Å². The Kier molecular flexibility index (Phi) is 8.00. The Morgan fingerprint density at radius 1 is 0.735 bits per heavy atom. The largest absolute Gasteiger partial charge is 0.494 e. The third-order valence-electron chi connectivity index (χ3n) is 8.06. The van der Waals surface area contributed by atoms with Gasteiger partial charge in [0.2, 0.25) is 5.82 Å². The summed E-state index contributed by atoms with van der Waals surface area (Å²) in [7, 11) is 1.30. The van der Waals surface area contributed by atoms with E-state index in [1.54, 1.807) is 12.1 Å². The molecule has 0 aliphatic heterocycles. The molecule has 0 aromatic heterocycles. The summed E-state index contributed by atoms with van der Waals surface area (Å²) in [5.74, 6) is -2.35. The molecule has 0 heterocycles. The second-order valence-electron chi connectivity index (χ2n) is 9.95. The highest BCUT2D eigenvalue weighted by Crippen LogP contribution is 2.42. The van der Waals surface area contributed by atoms with Gasteiger partial charge >= 0.3 is 0 Å². The molecule has 5 heteroatoms. The first-order valence-corrected chi connectivity index (χ1v) is 12.6. The summed E-state index contributed by atoms with van der Waals surface area (Å²) in [5, 5.41) is 0. The van der Waals surface area contributed by atoms with Crippen molar-refractivity contribution in [3.63, 3.8) is 0 Å². The molecule has 0 amide bonds. The second kappa shape index (κ2) is 11.0. The molecule has 0 radical (unpaired) electrons. The van der Waals surface area contributed by atoms with Gasteiger partial charge in [-0.05, 0) is 98.3 Å². The predicted octanol–water partition coefficient (Wildman–Crippen LogP) is 8.92. The number of halogens is 4. The average Bonchev–Trinajstić information content (AvgIpc) is 2.87. The normalized spacial score (nSPS) is 25.6. The minimum atomic E-state index is -0.993. The topological polar surface area (TPSA) is 9.23 Å². The average molecular weight is 475 g/mol. The molecule has 0 spiro atoms. The van der Waals surface area contributed by atoms with Crippen molar-refractivity contribution in [1.82, 2.24) is 0 Å². The molecule has 2 fully saturated rings. The summed E-state index contributed by atoms with van der Waals surface area (Å²) in [5.41, 5.74) is 1.20. The number of hydrogen-bond donors (Lipinski definition) is 0. The van der Waals surface area contributed by atoms with Crippen LogP contribution in [0.25, 0.3) is 6.08 Å². The first-order chi connectivity index (χ1) is 16.4. The van der Waals surface area contributed by atoms with E-state index in [0.717, 1.165) is 57.8 Å². The summed E-state index contributed by atoms with van der Waals surface area (Å²) < 4.78 is 63.0. The molecule has 2 aliphatic rings. The smallest absolute Gasteiger partial charge is 0.201 e. The minimum absolute atomic E-state index is 0.0146. The molecule has 34 heavy (non-hydrogen) atoms. The van der Waals surface area contributed by atoms with Crippen molar-refractivity contribution in [3.8, 4) is 5.75 Å². The van der Waals surface area contributed by atoms with Gasteiger partial charge in [0, 0.05) is 5.56 Å². The molecule has 2 aromatic rings. The zero-order valence-electron chi connectivity index (χ0n) is 20.1. The zero-order valence-corrected chi connectivity index (χ0v) is 20.1. The van der Waals surface area contributed by atoms with Crippen LogP contribution < -0.4 is 4.74 Å². The van der Waals surface area contributed by atoms with Gasteiger partial charge in [-0.15, -0.1) is 0 Å². The van der Waals surface area contributed by atoms with E-state index in [0.29, 0.717) is 17.0 Å². The SMILES string of the molecule is CCC1CCC(c2ccc(C3CCC(/C=C/c4ccc(OC)c(F)c4F)CC3)c(F)c2F)CC1. The first-order valence-electron chi connectivity index (χ1n) is 12.6. The summed E-state index contributed by atoms with van der Waals surface area (Å²) in [6.45, 7) is 2.20. The summed E-state index contributed by atoms with van der Waals surface area (Å²) >= 11 is 0. The monoisotopic (exact) mass is 474 g/mol. The number of allylic oxidation sites excluding steroid dienone is 1. The number of ether oxygens (including phenoxy) is 1. The van der Waals surface area contributed by atoms with Crippen LogP contribution in [0.4, 0.5) is 17.6 Å². The molecule has 0 unspecified atom stereocenters. The Balaban J connectivity index is 1.38. The number of rotatable bonds is 6. The lowest BCUT2D eigenvalue weighted by Gasteiger charge is -2.30. The van der Waals surface area contributed by atoms with Gasteiger partial charge in [-0.25, -0.2) is 13.2 Å². The van der Waals surface area contributed by atoms with E-state index in [1.807, 2.05) is 12.1 Å².